The molecule has 4 nitrogen and oxygen atoms in total. The van der Waals surface area contributed by atoms with Crippen molar-refractivity contribution in [3.05, 3.63) is 47.3 Å². The Morgan fingerprint density at radius 1 is 1.37 bits per heavy atom. The van der Waals surface area contributed by atoms with Crippen molar-refractivity contribution in [3.63, 3.8) is 0 Å². The minimum absolute atomic E-state index is 0.122. The number of rotatable bonds is 5. The summed E-state index contributed by atoms with van der Waals surface area (Å²) in [5.74, 6) is 0.887. The van der Waals surface area contributed by atoms with Crippen LogP contribution in [0.1, 0.15) is 29.8 Å². The van der Waals surface area contributed by atoms with Gasteiger partial charge in [-0.3, -0.25) is 4.68 Å². The van der Waals surface area contributed by atoms with Gasteiger partial charge in [-0.2, -0.15) is 5.10 Å². The summed E-state index contributed by atoms with van der Waals surface area (Å²) >= 11 is 0. The average Bonchev–Trinajstić information content (AvgIpc) is 2.83. The van der Waals surface area contributed by atoms with E-state index in [0.717, 1.165) is 18.0 Å². The van der Waals surface area contributed by atoms with E-state index in [1.165, 1.54) is 11.1 Å². The van der Waals surface area contributed by atoms with Gasteiger partial charge in [0.2, 0.25) is 0 Å². The molecular formula is C15H21N3O. The van der Waals surface area contributed by atoms with Crippen molar-refractivity contribution in [3.8, 4) is 5.75 Å². The lowest BCUT2D eigenvalue weighted by Gasteiger charge is -2.19. The molecule has 0 radical (unpaired) electrons. The molecule has 1 aromatic carbocycles. The van der Waals surface area contributed by atoms with Gasteiger partial charge in [-0.25, -0.2) is 0 Å². The summed E-state index contributed by atoms with van der Waals surface area (Å²) in [7, 11) is 3.63. The Morgan fingerprint density at radius 3 is 2.68 bits per heavy atom. The van der Waals surface area contributed by atoms with Crippen molar-refractivity contribution in [1.82, 2.24) is 15.1 Å². The summed E-state index contributed by atoms with van der Waals surface area (Å²) < 4.78 is 7.09. The molecule has 0 amide bonds. The van der Waals surface area contributed by atoms with Gasteiger partial charge in [-0.05, 0) is 42.8 Å². The molecule has 1 atom stereocenters. The molecule has 0 aliphatic rings. The van der Waals surface area contributed by atoms with Crippen LogP contribution in [0.5, 0.6) is 5.75 Å². The van der Waals surface area contributed by atoms with E-state index in [4.69, 9.17) is 4.74 Å². The Morgan fingerprint density at radius 2 is 2.16 bits per heavy atom. The van der Waals surface area contributed by atoms with Crippen molar-refractivity contribution in [2.45, 2.75) is 19.9 Å². The maximum absolute atomic E-state index is 5.26. The van der Waals surface area contributed by atoms with Crippen molar-refractivity contribution < 1.29 is 4.74 Å². The highest BCUT2D eigenvalue weighted by atomic mass is 16.5. The van der Waals surface area contributed by atoms with Gasteiger partial charge in [0.25, 0.3) is 0 Å². The molecular weight excluding hydrogens is 238 g/mol. The second kappa shape index (κ2) is 5.89. The number of benzene rings is 1. The lowest BCUT2D eigenvalue weighted by atomic mass is 9.98. The number of methoxy groups -OCH3 is 1. The van der Waals surface area contributed by atoms with Crippen molar-refractivity contribution >= 4 is 0 Å². The van der Waals surface area contributed by atoms with Gasteiger partial charge in [0.15, 0.2) is 0 Å². The third kappa shape index (κ3) is 2.96. The maximum Gasteiger partial charge on any atom is 0.119 e. The van der Waals surface area contributed by atoms with Crippen LogP contribution in [0, 0.1) is 6.92 Å². The van der Waals surface area contributed by atoms with Crippen molar-refractivity contribution in [2.24, 2.45) is 7.05 Å². The van der Waals surface area contributed by atoms with Gasteiger partial charge in [-0.1, -0.05) is 13.0 Å². The van der Waals surface area contributed by atoms with Crippen LogP contribution >= 0.6 is 0 Å². The Bertz CT molecular complexity index is 548. The SMILES string of the molecule is CCNC(c1ccn(C)n1)c1ccc(OC)cc1C. The van der Waals surface area contributed by atoms with E-state index in [9.17, 15) is 0 Å². The minimum Gasteiger partial charge on any atom is -0.497 e. The van der Waals surface area contributed by atoms with E-state index < -0.39 is 0 Å². The van der Waals surface area contributed by atoms with Gasteiger partial charge in [-0.15, -0.1) is 0 Å². The number of nitrogens with zero attached hydrogens (tertiary/aromatic N) is 2. The third-order valence-corrected chi connectivity index (χ3v) is 3.23. The first-order valence-electron chi connectivity index (χ1n) is 6.53. The molecule has 102 valence electrons. The smallest absolute Gasteiger partial charge is 0.119 e. The molecule has 2 rings (SSSR count). The van der Waals surface area contributed by atoms with Crippen LogP contribution in [0.4, 0.5) is 0 Å². The van der Waals surface area contributed by atoms with Gasteiger partial charge in [0.1, 0.15) is 5.75 Å². The second-order valence-electron chi connectivity index (χ2n) is 4.63. The quantitative estimate of drug-likeness (QED) is 0.896. The van der Waals surface area contributed by atoms with E-state index in [-0.39, 0.29) is 6.04 Å². The minimum atomic E-state index is 0.122. The Kier molecular flexibility index (Phi) is 4.22. The van der Waals surface area contributed by atoms with Crippen LogP contribution in [0.3, 0.4) is 0 Å². The van der Waals surface area contributed by atoms with E-state index in [0.29, 0.717) is 0 Å². The fourth-order valence-corrected chi connectivity index (χ4v) is 2.26. The highest BCUT2D eigenvalue weighted by Gasteiger charge is 2.17. The normalized spacial score (nSPS) is 12.4. The van der Waals surface area contributed by atoms with Crippen LogP contribution in [-0.4, -0.2) is 23.4 Å². The topological polar surface area (TPSA) is 39.1 Å². The van der Waals surface area contributed by atoms with E-state index >= 15 is 0 Å². The molecule has 0 saturated carbocycles. The van der Waals surface area contributed by atoms with Crippen LogP contribution in [0.15, 0.2) is 30.5 Å². The summed E-state index contributed by atoms with van der Waals surface area (Å²) in [6, 6.07) is 8.34. The fraction of sp³-hybridized carbons (Fsp3) is 0.400. The maximum atomic E-state index is 5.26. The molecule has 2 aromatic rings. The first-order valence-corrected chi connectivity index (χ1v) is 6.53. The molecule has 4 heteroatoms. The number of hydrogen-bond acceptors (Lipinski definition) is 3. The number of aryl methyl sites for hydroxylation is 2. The third-order valence-electron chi connectivity index (χ3n) is 3.23. The Balaban J connectivity index is 2.39. The summed E-state index contributed by atoms with van der Waals surface area (Å²) in [6.45, 7) is 5.10. The van der Waals surface area contributed by atoms with Crippen LogP contribution in [-0.2, 0) is 7.05 Å². The molecule has 0 aliphatic heterocycles. The van der Waals surface area contributed by atoms with Crippen molar-refractivity contribution in [2.75, 3.05) is 13.7 Å². The fourth-order valence-electron chi connectivity index (χ4n) is 2.26. The second-order valence-corrected chi connectivity index (χ2v) is 4.63. The van der Waals surface area contributed by atoms with Gasteiger partial charge in [0.05, 0.1) is 18.8 Å². The van der Waals surface area contributed by atoms with E-state index in [1.807, 2.05) is 24.0 Å². The van der Waals surface area contributed by atoms with E-state index in [2.05, 4.69) is 42.5 Å². The van der Waals surface area contributed by atoms with Crippen molar-refractivity contribution in [1.29, 1.82) is 0 Å². The largest absolute Gasteiger partial charge is 0.497 e. The number of nitrogens with one attached hydrogen (secondary N) is 1. The molecule has 0 saturated heterocycles. The standard InChI is InChI=1S/C15H21N3O/c1-5-16-15(14-8-9-18(3)17-14)13-7-6-12(19-4)10-11(13)2/h6-10,15-16H,5H2,1-4H3. The molecule has 0 bridgehead atoms. The molecule has 1 heterocycles. The monoisotopic (exact) mass is 259 g/mol. The Labute approximate surface area is 114 Å². The molecule has 1 unspecified atom stereocenters. The summed E-state index contributed by atoms with van der Waals surface area (Å²) in [4.78, 5) is 0. The zero-order chi connectivity index (χ0) is 13.8. The first-order chi connectivity index (χ1) is 9.15. The number of hydrogen-bond donors (Lipinski definition) is 1. The highest BCUT2D eigenvalue weighted by Crippen LogP contribution is 2.26. The lowest BCUT2D eigenvalue weighted by Crippen LogP contribution is -2.23. The molecule has 1 N–H and O–H groups in total. The molecule has 0 aliphatic carbocycles. The predicted molar refractivity (Wildman–Crippen MR) is 76.5 cm³/mol. The predicted octanol–water partition coefficient (Wildman–Crippen LogP) is 2.44. The van der Waals surface area contributed by atoms with Gasteiger partial charge < -0.3 is 10.1 Å². The molecule has 1 aromatic heterocycles. The average molecular weight is 259 g/mol. The number of aromatic nitrogens is 2. The van der Waals surface area contributed by atoms with Gasteiger partial charge in [0, 0.05) is 13.2 Å². The Hall–Kier alpha value is -1.81. The molecule has 19 heavy (non-hydrogen) atoms. The zero-order valence-corrected chi connectivity index (χ0v) is 12.0. The summed E-state index contributed by atoms with van der Waals surface area (Å²) in [5.41, 5.74) is 3.48. The highest BCUT2D eigenvalue weighted by molar-refractivity contribution is 5.39. The zero-order valence-electron chi connectivity index (χ0n) is 12.0. The molecule has 0 spiro atoms. The van der Waals surface area contributed by atoms with Crippen LogP contribution in [0.25, 0.3) is 0 Å². The number of ether oxygens (including phenoxy) is 1. The first kappa shape index (κ1) is 13.6. The summed E-state index contributed by atoms with van der Waals surface area (Å²) in [6.07, 6.45) is 1.97. The van der Waals surface area contributed by atoms with Gasteiger partial charge >= 0.3 is 0 Å². The lowest BCUT2D eigenvalue weighted by molar-refractivity contribution is 0.414. The summed E-state index contributed by atoms with van der Waals surface area (Å²) in [5, 5.41) is 8.00. The van der Waals surface area contributed by atoms with E-state index in [1.54, 1.807) is 7.11 Å². The molecule has 0 fully saturated rings. The van der Waals surface area contributed by atoms with Crippen LogP contribution in [0.2, 0.25) is 0 Å². The van der Waals surface area contributed by atoms with Crippen LogP contribution < -0.4 is 10.1 Å².